The van der Waals surface area contributed by atoms with Crippen molar-refractivity contribution in [3.8, 4) is 5.69 Å². The smallest absolute Gasteiger partial charge is 0.260 e. The fourth-order valence-corrected chi connectivity index (χ4v) is 2.45. The summed E-state index contributed by atoms with van der Waals surface area (Å²) >= 11 is 1.34. The molecule has 0 aliphatic heterocycles. The van der Waals surface area contributed by atoms with Gasteiger partial charge in [-0.15, -0.1) is 11.3 Å². The number of anilines is 1. The molecule has 0 unspecified atom stereocenters. The zero-order valence-electron chi connectivity index (χ0n) is 11.1. The molecule has 5 nitrogen and oxygen atoms in total. The molecule has 2 aromatic heterocycles. The van der Waals surface area contributed by atoms with Crippen LogP contribution in [0.5, 0.6) is 0 Å². The van der Waals surface area contributed by atoms with Crippen molar-refractivity contribution in [2.24, 2.45) is 0 Å². The van der Waals surface area contributed by atoms with E-state index in [1.165, 1.54) is 29.7 Å². The number of benzene rings is 1. The second-order valence-corrected chi connectivity index (χ2v) is 5.22. The fraction of sp³-hybridized carbons (Fsp3) is 0.0714. The molecule has 2 heterocycles. The number of hydrogen-bond acceptors (Lipinski definition) is 4. The zero-order valence-corrected chi connectivity index (χ0v) is 11.9. The molecular formula is C14H11FN4OS. The Kier molecular flexibility index (Phi) is 3.49. The summed E-state index contributed by atoms with van der Waals surface area (Å²) in [6.45, 7) is 1.78. The molecule has 0 saturated heterocycles. The first-order valence-electron chi connectivity index (χ1n) is 6.16. The molecule has 0 aliphatic rings. The summed E-state index contributed by atoms with van der Waals surface area (Å²) in [4.78, 5) is 16.2. The summed E-state index contributed by atoms with van der Waals surface area (Å²) in [5, 5.41) is 9.21. The summed E-state index contributed by atoms with van der Waals surface area (Å²) in [5.74, 6) is -0.582. The minimum absolute atomic E-state index is 0.268. The predicted molar refractivity (Wildman–Crippen MR) is 78.3 cm³/mol. The van der Waals surface area contributed by atoms with Gasteiger partial charge in [0.1, 0.15) is 5.82 Å². The number of rotatable bonds is 3. The van der Waals surface area contributed by atoms with Gasteiger partial charge in [-0.2, -0.15) is 5.10 Å². The van der Waals surface area contributed by atoms with Gasteiger partial charge in [0.15, 0.2) is 5.13 Å². The van der Waals surface area contributed by atoms with Crippen molar-refractivity contribution >= 4 is 22.4 Å². The van der Waals surface area contributed by atoms with Gasteiger partial charge in [-0.25, -0.2) is 14.1 Å². The molecule has 0 spiro atoms. The summed E-state index contributed by atoms with van der Waals surface area (Å²) in [6, 6.07) is 5.92. The molecule has 7 heteroatoms. The van der Waals surface area contributed by atoms with Crippen molar-refractivity contribution in [2.75, 3.05) is 5.32 Å². The normalized spacial score (nSPS) is 10.6. The molecule has 1 amide bonds. The quantitative estimate of drug-likeness (QED) is 0.809. The molecule has 106 valence electrons. The van der Waals surface area contributed by atoms with E-state index in [2.05, 4.69) is 15.4 Å². The molecular weight excluding hydrogens is 291 g/mol. The Morgan fingerprint density at radius 1 is 1.33 bits per heavy atom. The van der Waals surface area contributed by atoms with Crippen LogP contribution in [0.15, 0.2) is 42.0 Å². The minimum Gasteiger partial charge on any atom is -0.298 e. The largest absolute Gasteiger partial charge is 0.298 e. The SMILES string of the molecule is Cc1c(C(=O)Nc2nccs2)cnn1-c1ccc(F)cc1. The van der Waals surface area contributed by atoms with Gasteiger partial charge in [0.25, 0.3) is 5.91 Å². The highest BCUT2D eigenvalue weighted by Crippen LogP contribution is 2.17. The number of nitrogens with zero attached hydrogens (tertiary/aromatic N) is 3. The van der Waals surface area contributed by atoms with Gasteiger partial charge in [0, 0.05) is 11.6 Å². The van der Waals surface area contributed by atoms with E-state index in [-0.39, 0.29) is 11.7 Å². The number of halogens is 1. The predicted octanol–water partition coefficient (Wildman–Crippen LogP) is 3.03. The van der Waals surface area contributed by atoms with Crippen LogP contribution in [0.4, 0.5) is 9.52 Å². The Labute approximate surface area is 124 Å². The number of thiazole rings is 1. The minimum atomic E-state index is -0.315. The van der Waals surface area contributed by atoms with Gasteiger partial charge in [0.05, 0.1) is 23.1 Å². The van der Waals surface area contributed by atoms with Crippen LogP contribution in [0.1, 0.15) is 16.1 Å². The van der Waals surface area contributed by atoms with Crippen molar-refractivity contribution in [1.29, 1.82) is 0 Å². The number of carbonyl (C=O) groups is 1. The summed E-state index contributed by atoms with van der Waals surface area (Å²) < 4.78 is 14.5. The highest BCUT2D eigenvalue weighted by molar-refractivity contribution is 7.13. The molecule has 1 N–H and O–H groups in total. The molecule has 21 heavy (non-hydrogen) atoms. The van der Waals surface area contributed by atoms with Gasteiger partial charge in [-0.1, -0.05) is 0 Å². The van der Waals surface area contributed by atoms with Crippen LogP contribution in [0.3, 0.4) is 0 Å². The van der Waals surface area contributed by atoms with Crippen LogP contribution < -0.4 is 5.32 Å². The van der Waals surface area contributed by atoms with Crippen molar-refractivity contribution in [3.05, 3.63) is 59.1 Å². The third kappa shape index (κ3) is 2.68. The van der Waals surface area contributed by atoms with E-state index in [0.29, 0.717) is 22.1 Å². The number of nitrogens with one attached hydrogen (secondary N) is 1. The third-order valence-electron chi connectivity index (χ3n) is 2.98. The van der Waals surface area contributed by atoms with Crippen molar-refractivity contribution in [3.63, 3.8) is 0 Å². The first-order chi connectivity index (χ1) is 10.1. The molecule has 1 aromatic carbocycles. The van der Waals surface area contributed by atoms with Crippen molar-refractivity contribution in [2.45, 2.75) is 6.92 Å². The Morgan fingerprint density at radius 2 is 2.10 bits per heavy atom. The molecule has 3 rings (SSSR count). The average molecular weight is 302 g/mol. The van der Waals surface area contributed by atoms with Gasteiger partial charge >= 0.3 is 0 Å². The lowest BCUT2D eigenvalue weighted by atomic mass is 10.2. The maximum absolute atomic E-state index is 12.9. The lowest BCUT2D eigenvalue weighted by molar-refractivity contribution is 0.102. The maximum Gasteiger partial charge on any atom is 0.260 e. The molecule has 0 radical (unpaired) electrons. The van der Waals surface area contributed by atoms with Crippen LogP contribution in [0.2, 0.25) is 0 Å². The van der Waals surface area contributed by atoms with Crippen LogP contribution in [0, 0.1) is 12.7 Å². The second kappa shape index (κ2) is 5.45. The fourth-order valence-electron chi connectivity index (χ4n) is 1.92. The van der Waals surface area contributed by atoms with Crippen molar-refractivity contribution < 1.29 is 9.18 Å². The second-order valence-electron chi connectivity index (χ2n) is 4.32. The number of hydrogen-bond donors (Lipinski definition) is 1. The van der Waals surface area contributed by atoms with Crippen LogP contribution >= 0.6 is 11.3 Å². The van der Waals surface area contributed by atoms with Gasteiger partial charge < -0.3 is 0 Å². The Balaban J connectivity index is 1.88. The molecule has 0 aliphatic carbocycles. The Morgan fingerprint density at radius 3 is 2.76 bits per heavy atom. The standard InChI is InChI=1S/C14H11FN4OS/c1-9-12(13(20)18-14-16-6-7-21-14)8-17-19(9)11-4-2-10(15)3-5-11/h2-8H,1H3,(H,16,18,20). The van der Waals surface area contributed by atoms with Gasteiger partial charge in [0.2, 0.25) is 0 Å². The first kappa shape index (κ1) is 13.4. The monoisotopic (exact) mass is 302 g/mol. The van der Waals surface area contributed by atoms with Crippen LogP contribution in [0.25, 0.3) is 5.69 Å². The lowest BCUT2D eigenvalue weighted by Crippen LogP contribution is -2.12. The average Bonchev–Trinajstić information content (AvgIpc) is 3.09. The Hall–Kier alpha value is -2.54. The maximum atomic E-state index is 12.9. The lowest BCUT2D eigenvalue weighted by Gasteiger charge is -2.05. The Bertz CT molecular complexity index is 765. The van der Waals surface area contributed by atoms with Crippen molar-refractivity contribution in [1.82, 2.24) is 14.8 Å². The van der Waals surface area contributed by atoms with E-state index in [1.807, 2.05) is 0 Å². The van der Waals surface area contributed by atoms with Gasteiger partial charge in [-0.3, -0.25) is 10.1 Å². The molecule has 0 atom stereocenters. The highest BCUT2D eigenvalue weighted by atomic mass is 32.1. The van der Waals surface area contributed by atoms with E-state index in [4.69, 9.17) is 0 Å². The summed E-state index contributed by atoms with van der Waals surface area (Å²) in [7, 11) is 0. The number of amides is 1. The van der Waals surface area contributed by atoms with E-state index < -0.39 is 0 Å². The van der Waals surface area contributed by atoms with E-state index in [9.17, 15) is 9.18 Å². The molecule has 3 aromatic rings. The molecule has 0 fully saturated rings. The van der Waals surface area contributed by atoms with Crippen LogP contribution in [-0.2, 0) is 0 Å². The molecule has 0 bridgehead atoms. The zero-order chi connectivity index (χ0) is 14.8. The topological polar surface area (TPSA) is 59.8 Å². The number of carbonyl (C=O) groups excluding carboxylic acids is 1. The van der Waals surface area contributed by atoms with Gasteiger partial charge in [-0.05, 0) is 31.2 Å². The summed E-state index contributed by atoms with van der Waals surface area (Å²) in [6.07, 6.45) is 3.11. The molecule has 0 saturated carbocycles. The van der Waals surface area contributed by atoms with E-state index in [1.54, 1.807) is 35.3 Å². The summed E-state index contributed by atoms with van der Waals surface area (Å²) in [5.41, 5.74) is 1.83. The van der Waals surface area contributed by atoms with E-state index in [0.717, 1.165) is 0 Å². The highest BCUT2D eigenvalue weighted by Gasteiger charge is 2.16. The number of aromatic nitrogens is 3. The van der Waals surface area contributed by atoms with Crippen LogP contribution in [-0.4, -0.2) is 20.7 Å². The first-order valence-corrected chi connectivity index (χ1v) is 7.04. The van der Waals surface area contributed by atoms with E-state index >= 15 is 0 Å². The third-order valence-corrected chi connectivity index (χ3v) is 3.67.